The molecule has 2 aromatic carbocycles. The van der Waals surface area contributed by atoms with Crippen LogP contribution in [0.4, 0.5) is 0 Å². The van der Waals surface area contributed by atoms with E-state index in [2.05, 4.69) is 50.2 Å². The molecule has 1 heterocycles. The van der Waals surface area contributed by atoms with Gasteiger partial charge in [0, 0.05) is 17.0 Å². The Morgan fingerprint density at radius 3 is 2.72 bits per heavy atom. The van der Waals surface area contributed by atoms with Gasteiger partial charge in [0.1, 0.15) is 0 Å². The third-order valence-electron chi connectivity index (χ3n) is 3.87. The largest absolute Gasteiger partial charge is 0.323 e. The molecule has 2 N–H and O–H groups in total. The second-order valence-corrected chi connectivity index (χ2v) is 6.57. The lowest BCUT2D eigenvalue weighted by molar-refractivity contribution is 0.521. The molecule has 0 fully saturated rings. The van der Waals surface area contributed by atoms with Gasteiger partial charge in [0.2, 0.25) is 0 Å². The van der Waals surface area contributed by atoms with Gasteiger partial charge in [-0.2, -0.15) is 11.8 Å². The SMILES string of the molecule is CC(C)C1SCc2c(ccc3ccccc23)C1N. The molecule has 2 atom stereocenters. The van der Waals surface area contributed by atoms with Gasteiger partial charge < -0.3 is 5.73 Å². The van der Waals surface area contributed by atoms with Crippen molar-refractivity contribution in [3.8, 4) is 0 Å². The fourth-order valence-corrected chi connectivity index (χ4v) is 4.31. The van der Waals surface area contributed by atoms with Gasteiger partial charge in [-0.1, -0.05) is 50.2 Å². The highest BCUT2D eigenvalue weighted by molar-refractivity contribution is 7.99. The van der Waals surface area contributed by atoms with Crippen LogP contribution in [0.15, 0.2) is 36.4 Å². The van der Waals surface area contributed by atoms with Crippen LogP contribution in [0.1, 0.15) is 31.0 Å². The van der Waals surface area contributed by atoms with Gasteiger partial charge in [0.15, 0.2) is 0 Å². The summed E-state index contributed by atoms with van der Waals surface area (Å²) in [5, 5.41) is 3.24. The Morgan fingerprint density at radius 1 is 1.17 bits per heavy atom. The van der Waals surface area contributed by atoms with Crippen molar-refractivity contribution in [2.24, 2.45) is 11.7 Å². The zero-order chi connectivity index (χ0) is 12.7. The molecule has 2 unspecified atom stereocenters. The summed E-state index contributed by atoms with van der Waals surface area (Å²) >= 11 is 2.01. The van der Waals surface area contributed by atoms with E-state index in [4.69, 9.17) is 5.73 Å². The molecule has 0 aromatic heterocycles. The second-order valence-electron chi connectivity index (χ2n) is 5.40. The van der Waals surface area contributed by atoms with Crippen LogP contribution >= 0.6 is 11.8 Å². The molecule has 1 nitrogen and oxygen atoms in total. The molecule has 3 rings (SSSR count). The average Bonchev–Trinajstić information content (AvgIpc) is 2.38. The first-order valence-electron chi connectivity index (χ1n) is 6.56. The van der Waals surface area contributed by atoms with Crippen molar-refractivity contribution in [2.75, 3.05) is 0 Å². The molecule has 1 aliphatic rings. The molecule has 2 aromatic rings. The number of hydrogen-bond acceptors (Lipinski definition) is 2. The second kappa shape index (κ2) is 4.60. The van der Waals surface area contributed by atoms with Crippen LogP contribution in [0.2, 0.25) is 0 Å². The third kappa shape index (κ3) is 1.84. The van der Waals surface area contributed by atoms with Crippen molar-refractivity contribution in [3.05, 3.63) is 47.5 Å². The van der Waals surface area contributed by atoms with Crippen LogP contribution in [0.3, 0.4) is 0 Å². The molecule has 0 bridgehead atoms. The van der Waals surface area contributed by atoms with Gasteiger partial charge in [-0.3, -0.25) is 0 Å². The summed E-state index contributed by atoms with van der Waals surface area (Å²) in [5.41, 5.74) is 9.26. The standard InChI is InChI=1S/C16H19NS/c1-10(2)16-15(17)13-8-7-11-5-3-4-6-12(11)14(13)9-18-16/h3-8,10,15-16H,9,17H2,1-2H3. The molecule has 0 saturated heterocycles. The van der Waals surface area contributed by atoms with Gasteiger partial charge in [0.25, 0.3) is 0 Å². The van der Waals surface area contributed by atoms with Crippen LogP contribution in [-0.4, -0.2) is 5.25 Å². The maximum Gasteiger partial charge on any atom is 0.0421 e. The number of thioether (sulfide) groups is 1. The van der Waals surface area contributed by atoms with Gasteiger partial charge in [-0.05, 0) is 27.8 Å². The topological polar surface area (TPSA) is 26.0 Å². The highest BCUT2D eigenvalue weighted by atomic mass is 32.2. The zero-order valence-corrected chi connectivity index (χ0v) is 11.7. The van der Waals surface area contributed by atoms with Gasteiger partial charge in [-0.25, -0.2) is 0 Å². The van der Waals surface area contributed by atoms with E-state index in [9.17, 15) is 0 Å². The molecule has 0 amide bonds. The highest BCUT2D eigenvalue weighted by Gasteiger charge is 2.30. The number of fused-ring (bicyclic) bond motifs is 3. The van der Waals surface area contributed by atoms with Crippen molar-refractivity contribution >= 4 is 22.5 Å². The average molecular weight is 257 g/mol. The van der Waals surface area contributed by atoms with E-state index in [1.807, 2.05) is 11.8 Å². The molecule has 1 aliphatic heterocycles. The summed E-state index contributed by atoms with van der Waals surface area (Å²) < 4.78 is 0. The Kier molecular flexibility index (Phi) is 3.08. The first kappa shape index (κ1) is 12.1. The van der Waals surface area contributed by atoms with Crippen molar-refractivity contribution in [1.82, 2.24) is 0 Å². The lowest BCUT2D eigenvalue weighted by atomic mass is 9.90. The summed E-state index contributed by atoms with van der Waals surface area (Å²) in [5.74, 6) is 1.72. The van der Waals surface area contributed by atoms with Crippen LogP contribution in [-0.2, 0) is 5.75 Å². The Hall–Kier alpha value is -0.990. The lowest BCUT2D eigenvalue weighted by Gasteiger charge is -2.33. The Balaban J connectivity index is 2.14. The van der Waals surface area contributed by atoms with Gasteiger partial charge in [0.05, 0.1) is 0 Å². The predicted octanol–water partition coefficient (Wildman–Crippen LogP) is 4.11. The van der Waals surface area contributed by atoms with Crippen molar-refractivity contribution in [2.45, 2.75) is 30.9 Å². The normalized spacial score (nSPS) is 23.3. The van der Waals surface area contributed by atoms with Crippen LogP contribution in [0, 0.1) is 5.92 Å². The molecular weight excluding hydrogens is 238 g/mol. The molecule has 0 radical (unpaired) electrons. The van der Waals surface area contributed by atoms with E-state index < -0.39 is 0 Å². The Bertz CT molecular complexity index is 576. The minimum atomic E-state index is 0.170. The summed E-state index contributed by atoms with van der Waals surface area (Å²) in [7, 11) is 0. The maximum absolute atomic E-state index is 6.46. The van der Waals surface area contributed by atoms with Crippen LogP contribution in [0.25, 0.3) is 10.8 Å². The fraction of sp³-hybridized carbons (Fsp3) is 0.375. The first-order valence-corrected chi connectivity index (χ1v) is 7.61. The third-order valence-corrected chi connectivity index (χ3v) is 5.54. The zero-order valence-electron chi connectivity index (χ0n) is 10.9. The minimum Gasteiger partial charge on any atom is -0.323 e. The summed E-state index contributed by atoms with van der Waals surface area (Å²) in [4.78, 5) is 0. The summed E-state index contributed by atoms with van der Waals surface area (Å²) in [6.45, 7) is 4.53. The van der Waals surface area contributed by atoms with E-state index in [1.165, 1.54) is 21.9 Å². The first-order chi connectivity index (χ1) is 8.68. The molecule has 94 valence electrons. The number of nitrogens with two attached hydrogens (primary N) is 1. The van der Waals surface area contributed by atoms with E-state index in [0.29, 0.717) is 11.2 Å². The van der Waals surface area contributed by atoms with Gasteiger partial charge >= 0.3 is 0 Å². The minimum absolute atomic E-state index is 0.170. The number of rotatable bonds is 1. The number of benzene rings is 2. The molecule has 18 heavy (non-hydrogen) atoms. The van der Waals surface area contributed by atoms with Crippen molar-refractivity contribution in [1.29, 1.82) is 0 Å². The van der Waals surface area contributed by atoms with Crippen molar-refractivity contribution in [3.63, 3.8) is 0 Å². The smallest absolute Gasteiger partial charge is 0.0421 e. The van der Waals surface area contributed by atoms with E-state index in [0.717, 1.165) is 5.75 Å². The maximum atomic E-state index is 6.46. The lowest BCUT2D eigenvalue weighted by Crippen LogP contribution is -2.32. The highest BCUT2D eigenvalue weighted by Crippen LogP contribution is 2.42. The number of hydrogen-bond donors (Lipinski definition) is 1. The Labute approximate surface area is 113 Å². The quantitative estimate of drug-likeness (QED) is 0.832. The predicted molar refractivity (Wildman–Crippen MR) is 80.8 cm³/mol. The van der Waals surface area contributed by atoms with E-state index >= 15 is 0 Å². The van der Waals surface area contributed by atoms with E-state index in [1.54, 1.807) is 0 Å². The molecular formula is C16H19NS. The van der Waals surface area contributed by atoms with Gasteiger partial charge in [-0.15, -0.1) is 0 Å². The molecule has 0 aliphatic carbocycles. The summed E-state index contributed by atoms with van der Waals surface area (Å²) in [6, 6.07) is 13.2. The van der Waals surface area contributed by atoms with E-state index in [-0.39, 0.29) is 6.04 Å². The molecule has 0 spiro atoms. The van der Waals surface area contributed by atoms with Crippen molar-refractivity contribution < 1.29 is 0 Å². The molecule has 2 heteroatoms. The van der Waals surface area contributed by atoms with Crippen LogP contribution in [0.5, 0.6) is 0 Å². The fourth-order valence-electron chi connectivity index (χ4n) is 2.89. The monoisotopic (exact) mass is 257 g/mol. The molecule has 0 saturated carbocycles. The van der Waals surface area contributed by atoms with Crippen LogP contribution < -0.4 is 5.73 Å². The Morgan fingerprint density at radius 2 is 1.94 bits per heavy atom. The summed E-state index contributed by atoms with van der Waals surface area (Å²) in [6.07, 6.45) is 0.